The number of aliphatic hydroxyl groups is 1. The minimum Gasteiger partial charge on any atom is -0.386 e. The molecule has 0 aliphatic rings. The first-order valence-electron chi connectivity index (χ1n) is 7.00. The van der Waals surface area contributed by atoms with Gasteiger partial charge >= 0.3 is 6.01 Å². The van der Waals surface area contributed by atoms with Crippen LogP contribution in [0.3, 0.4) is 0 Å². The van der Waals surface area contributed by atoms with Crippen molar-refractivity contribution < 1.29 is 18.4 Å². The number of rotatable bonds is 5. The normalized spacial score (nSPS) is 12.2. The molecule has 8 heteroatoms. The summed E-state index contributed by atoms with van der Waals surface area (Å²) in [5, 5.41) is 16.9. The molecule has 24 heavy (non-hydrogen) atoms. The van der Waals surface area contributed by atoms with Gasteiger partial charge in [0.2, 0.25) is 5.82 Å². The minimum atomic E-state index is -1.41. The maximum absolute atomic E-state index is 13.6. The third-order valence-corrected chi connectivity index (χ3v) is 3.52. The van der Waals surface area contributed by atoms with Crippen LogP contribution in [0, 0.1) is 11.6 Å². The first kappa shape index (κ1) is 16.4. The smallest absolute Gasteiger partial charge is 0.321 e. The predicted molar refractivity (Wildman–Crippen MR) is 84.6 cm³/mol. The van der Waals surface area contributed by atoms with E-state index in [0.717, 1.165) is 12.1 Å². The summed E-state index contributed by atoms with van der Waals surface area (Å²) in [5.74, 6) is -1.35. The van der Waals surface area contributed by atoms with Crippen LogP contribution in [0.25, 0.3) is 11.4 Å². The second-order valence-electron chi connectivity index (χ2n) is 4.97. The van der Waals surface area contributed by atoms with Crippen LogP contribution in [-0.2, 0) is 0 Å². The van der Waals surface area contributed by atoms with Gasteiger partial charge in [0.1, 0.15) is 17.7 Å². The van der Waals surface area contributed by atoms with Crippen molar-refractivity contribution in [1.82, 2.24) is 10.1 Å². The van der Waals surface area contributed by atoms with Gasteiger partial charge in [-0.3, -0.25) is 0 Å². The molecule has 0 spiro atoms. The minimum absolute atomic E-state index is 0.0146. The maximum Gasteiger partial charge on any atom is 0.321 e. The summed E-state index contributed by atoms with van der Waals surface area (Å²) in [5.41, 5.74) is 0.236. The summed E-state index contributed by atoms with van der Waals surface area (Å²) in [6, 6.07) is 10.3. The van der Waals surface area contributed by atoms with Crippen molar-refractivity contribution in [2.75, 3.05) is 11.9 Å². The number of benzene rings is 2. The first-order chi connectivity index (χ1) is 11.5. The summed E-state index contributed by atoms with van der Waals surface area (Å²) >= 11 is 5.90. The van der Waals surface area contributed by atoms with Crippen LogP contribution >= 0.6 is 11.6 Å². The molecule has 0 saturated heterocycles. The number of hydrogen-bond acceptors (Lipinski definition) is 5. The molecule has 0 saturated carbocycles. The van der Waals surface area contributed by atoms with Gasteiger partial charge in [0.05, 0.1) is 5.56 Å². The zero-order chi connectivity index (χ0) is 17.1. The van der Waals surface area contributed by atoms with E-state index in [-0.39, 0.29) is 12.6 Å². The largest absolute Gasteiger partial charge is 0.386 e. The van der Waals surface area contributed by atoms with E-state index in [9.17, 15) is 13.9 Å². The zero-order valence-electron chi connectivity index (χ0n) is 12.2. The van der Waals surface area contributed by atoms with Gasteiger partial charge in [0.25, 0.3) is 0 Å². The van der Waals surface area contributed by atoms with E-state index in [0.29, 0.717) is 16.4 Å². The Bertz CT molecular complexity index is 837. The molecule has 1 atom stereocenters. The molecular formula is C16H12ClF2N3O2. The number of aliphatic hydroxyl groups excluding tert-OH is 1. The Morgan fingerprint density at radius 3 is 2.58 bits per heavy atom. The number of nitrogens with zero attached hydrogens (tertiary/aromatic N) is 2. The monoisotopic (exact) mass is 351 g/mol. The fourth-order valence-corrected chi connectivity index (χ4v) is 2.35. The highest BCUT2D eigenvalue weighted by Gasteiger charge is 2.18. The Morgan fingerprint density at radius 2 is 1.88 bits per heavy atom. The number of halogens is 3. The molecule has 124 valence electrons. The maximum atomic E-state index is 13.6. The summed E-state index contributed by atoms with van der Waals surface area (Å²) in [7, 11) is 0. The van der Waals surface area contributed by atoms with Crippen LogP contribution in [0.15, 0.2) is 47.0 Å². The molecule has 3 rings (SSSR count). The molecule has 1 heterocycles. The molecule has 0 aliphatic carbocycles. The lowest BCUT2D eigenvalue weighted by molar-refractivity contribution is 0.180. The van der Waals surface area contributed by atoms with Crippen molar-refractivity contribution >= 4 is 17.6 Å². The van der Waals surface area contributed by atoms with E-state index in [4.69, 9.17) is 16.1 Å². The lowest BCUT2D eigenvalue weighted by Gasteiger charge is -2.12. The van der Waals surface area contributed by atoms with E-state index >= 15 is 0 Å². The highest BCUT2D eigenvalue weighted by atomic mass is 35.5. The summed E-state index contributed by atoms with van der Waals surface area (Å²) < 4.78 is 32.2. The van der Waals surface area contributed by atoms with Crippen molar-refractivity contribution in [1.29, 1.82) is 0 Å². The van der Waals surface area contributed by atoms with Crippen molar-refractivity contribution in [3.8, 4) is 11.4 Å². The second kappa shape index (κ2) is 6.94. The van der Waals surface area contributed by atoms with Crippen LogP contribution < -0.4 is 5.32 Å². The molecule has 0 fully saturated rings. The predicted octanol–water partition coefficient (Wildman–Crippen LogP) is 3.81. The van der Waals surface area contributed by atoms with Crippen molar-refractivity contribution in [3.63, 3.8) is 0 Å². The molecule has 0 amide bonds. The third-order valence-electron chi connectivity index (χ3n) is 3.29. The summed E-state index contributed by atoms with van der Waals surface area (Å²) in [6.45, 7) is -0.199. The Morgan fingerprint density at radius 1 is 1.17 bits per heavy atom. The first-order valence-corrected chi connectivity index (χ1v) is 7.38. The molecule has 1 unspecified atom stereocenters. The topological polar surface area (TPSA) is 71.2 Å². The zero-order valence-corrected chi connectivity index (χ0v) is 13.0. The van der Waals surface area contributed by atoms with Gasteiger partial charge < -0.3 is 14.9 Å². The van der Waals surface area contributed by atoms with Crippen LogP contribution in [0.2, 0.25) is 5.02 Å². The van der Waals surface area contributed by atoms with E-state index < -0.39 is 23.3 Å². The molecule has 2 aromatic carbocycles. The van der Waals surface area contributed by atoms with E-state index in [1.54, 1.807) is 24.3 Å². The number of anilines is 1. The number of nitrogens with one attached hydrogen (secondary N) is 1. The lowest BCUT2D eigenvalue weighted by Crippen LogP contribution is -2.15. The van der Waals surface area contributed by atoms with Gasteiger partial charge in [-0.2, -0.15) is 4.98 Å². The van der Waals surface area contributed by atoms with Crippen LogP contribution in [0.1, 0.15) is 11.7 Å². The van der Waals surface area contributed by atoms with Crippen LogP contribution in [0.4, 0.5) is 14.8 Å². The molecule has 0 radical (unpaired) electrons. The standard InChI is InChI=1S/C16H12ClF2N3O2/c17-10-4-1-3-9(7-10)15-21-16(24-22-15)20-8-13(23)14-11(18)5-2-6-12(14)19/h1-7,13,23H,8H2,(H,20,21,22). The van der Waals surface area contributed by atoms with E-state index in [1.807, 2.05) is 0 Å². The highest BCUT2D eigenvalue weighted by Crippen LogP contribution is 2.23. The molecular weight excluding hydrogens is 340 g/mol. The van der Waals surface area contributed by atoms with Crippen molar-refractivity contribution in [3.05, 3.63) is 64.7 Å². The number of hydrogen-bond donors (Lipinski definition) is 2. The van der Waals surface area contributed by atoms with Crippen molar-refractivity contribution in [2.24, 2.45) is 0 Å². The van der Waals surface area contributed by atoms with Gasteiger partial charge in [0, 0.05) is 17.1 Å². The molecule has 5 nitrogen and oxygen atoms in total. The second-order valence-corrected chi connectivity index (χ2v) is 5.40. The van der Waals surface area contributed by atoms with Gasteiger partial charge in [-0.05, 0) is 24.3 Å². The fraction of sp³-hybridized carbons (Fsp3) is 0.125. The van der Waals surface area contributed by atoms with Gasteiger partial charge in [-0.15, -0.1) is 0 Å². The lowest BCUT2D eigenvalue weighted by atomic mass is 10.1. The molecule has 3 aromatic rings. The van der Waals surface area contributed by atoms with Crippen LogP contribution in [-0.4, -0.2) is 21.8 Å². The SMILES string of the molecule is OC(CNc1nc(-c2cccc(Cl)c2)no1)c1c(F)cccc1F. The Labute approximate surface area is 140 Å². The third kappa shape index (κ3) is 3.52. The average molecular weight is 352 g/mol. The highest BCUT2D eigenvalue weighted by molar-refractivity contribution is 6.30. The fourth-order valence-electron chi connectivity index (χ4n) is 2.16. The summed E-state index contributed by atoms with van der Waals surface area (Å²) in [4.78, 5) is 4.09. The van der Waals surface area contributed by atoms with E-state index in [1.165, 1.54) is 6.07 Å². The molecule has 1 aromatic heterocycles. The number of aromatic nitrogens is 2. The summed E-state index contributed by atoms with van der Waals surface area (Å²) in [6.07, 6.45) is -1.41. The Hall–Kier alpha value is -2.51. The quantitative estimate of drug-likeness (QED) is 0.731. The average Bonchev–Trinajstić information content (AvgIpc) is 3.02. The van der Waals surface area contributed by atoms with Crippen molar-refractivity contribution in [2.45, 2.75) is 6.10 Å². The molecule has 2 N–H and O–H groups in total. The molecule has 0 bridgehead atoms. The van der Waals surface area contributed by atoms with Crippen LogP contribution in [0.5, 0.6) is 0 Å². The molecule has 0 aliphatic heterocycles. The Kier molecular flexibility index (Phi) is 4.73. The van der Waals surface area contributed by atoms with Gasteiger partial charge in [0.15, 0.2) is 0 Å². The van der Waals surface area contributed by atoms with E-state index in [2.05, 4.69) is 15.5 Å². The Balaban J connectivity index is 1.69. The van der Waals surface area contributed by atoms with Gasteiger partial charge in [-0.1, -0.05) is 35.0 Å². The van der Waals surface area contributed by atoms with Gasteiger partial charge in [-0.25, -0.2) is 8.78 Å².